The first kappa shape index (κ1) is 11.7. The smallest absolute Gasteiger partial charge is 0.132 e. The fraction of sp³-hybridized carbons (Fsp3) is 0.923. The third-order valence-electron chi connectivity index (χ3n) is 3.31. The Morgan fingerprint density at radius 2 is 1.86 bits per heavy atom. The number of ketones is 1. The Hall–Kier alpha value is -0.330. The van der Waals surface area contributed by atoms with Gasteiger partial charge in [-0.2, -0.15) is 0 Å². The maximum Gasteiger partial charge on any atom is 0.132 e. The lowest BCUT2D eigenvalue weighted by Gasteiger charge is -2.08. The van der Waals surface area contributed by atoms with Crippen molar-refractivity contribution in [3.05, 3.63) is 0 Å². The number of Topliss-reactive ketones (excluding diaryl/α,β-unsaturated/α-hetero) is 1. The van der Waals surface area contributed by atoms with Gasteiger partial charge in [-0.15, -0.1) is 0 Å². The molecule has 0 radical (unpaired) electrons. The van der Waals surface area contributed by atoms with Crippen LogP contribution in [-0.2, 0) is 4.79 Å². The molecule has 1 fully saturated rings. The highest BCUT2D eigenvalue weighted by atomic mass is 16.1. The van der Waals surface area contributed by atoms with Crippen LogP contribution in [0.25, 0.3) is 0 Å². The Bertz CT molecular complexity index is 166. The number of rotatable bonds is 6. The molecule has 0 N–H and O–H groups in total. The first-order valence-corrected chi connectivity index (χ1v) is 6.20. The lowest BCUT2D eigenvalue weighted by Crippen LogP contribution is -2.03. The van der Waals surface area contributed by atoms with Crippen molar-refractivity contribution >= 4 is 5.78 Å². The van der Waals surface area contributed by atoms with Crippen LogP contribution in [0.4, 0.5) is 0 Å². The molecule has 0 bridgehead atoms. The molecule has 1 rings (SSSR count). The van der Waals surface area contributed by atoms with Crippen LogP contribution < -0.4 is 0 Å². The Kier molecular flexibility index (Phi) is 5.21. The van der Waals surface area contributed by atoms with E-state index in [2.05, 4.69) is 13.8 Å². The van der Waals surface area contributed by atoms with Crippen molar-refractivity contribution in [2.75, 3.05) is 0 Å². The van der Waals surface area contributed by atoms with Crippen LogP contribution in [0, 0.1) is 11.8 Å². The summed E-state index contributed by atoms with van der Waals surface area (Å²) in [5.74, 6) is 2.04. The van der Waals surface area contributed by atoms with E-state index in [4.69, 9.17) is 0 Å². The second-order valence-corrected chi connectivity index (χ2v) is 5.16. The fourth-order valence-electron chi connectivity index (χ4n) is 2.24. The normalized spacial score (nSPS) is 17.9. The van der Waals surface area contributed by atoms with Crippen molar-refractivity contribution in [2.24, 2.45) is 11.8 Å². The molecule has 0 amide bonds. The minimum Gasteiger partial charge on any atom is -0.300 e. The van der Waals surface area contributed by atoms with E-state index >= 15 is 0 Å². The minimum atomic E-state index is 0.491. The Balaban J connectivity index is 2.02. The molecule has 0 atom stereocenters. The summed E-state index contributed by atoms with van der Waals surface area (Å²) in [5, 5.41) is 0. The van der Waals surface area contributed by atoms with Crippen molar-refractivity contribution in [3.63, 3.8) is 0 Å². The largest absolute Gasteiger partial charge is 0.300 e. The molecular weight excluding hydrogens is 172 g/mol. The van der Waals surface area contributed by atoms with E-state index < -0.39 is 0 Å². The van der Waals surface area contributed by atoms with Crippen LogP contribution in [0.1, 0.15) is 65.2 Å². The van der Waals surface area contributed by atoms with Gasteiger partial charge >= 0.3 is 0 Å². The summed E-state index contributed by atoms with van der Waals surface area (Å²) in [6.45, 7) is 4.37. The van der Waals surface area contributed by atoms with Gasteiger partial charge in [-0.05, 0) is 24.7 Å². The Labute approximate surface area is 88.3 Å². The summed E-state index contributed by atoms with van der Waals surface area (Å²) >= 11 is 0. The number of hydrogen-bond acceptors (Lipinski definition) is 1. The molecule has 1 heteroatoms. The first-order chi connectivity index (χ1) is 6.68. The summed E-state index contributed by atoms with van der Waals surface area (Å²) in [6.07, 6.45) is 9.42. The molecule has 0 unspecified atom stereocenters. The van der Waals surface area contributed by atoms with Gasteiger partial charge in [0.25, 0.3) is 0 Å². The van der Waals surface area contributed by atoms with E-state index in [1.54, 1.807) is 0 Å². The van der Waals surface area contributed by atoms with Gasteiger partial charge in [-0.3, -0.25) is 4.79 Å². The molecule has 82 valence electrons. The lowest BCUT2D eigenvalue weighted by atomic mass is 9.97. The number of hydrogen-bond donors (Lipinski definition) is 0. The number of carbonyl (C=O) groups is 1. The zero-order valence-corrected chi connectivity index (χ0v) is 9.72. The summed E-state index contributed by atoms with van der Waals surface area (Å²) in [5.41, 5.74) is 0. The van der Waals surface area contributed by atoms with Crippen molar-refractivity contribution in [1.82, 2.24) is 0 Å². The standard InChI is InChI=1S/C13H24O/c1-11(2)7-9-13(14)10-8-12-5-3-4-6-12/h11-12H,3-10H2,1-2H3. The number of carbonyl (C=O) groups excluding carboxylic acids is 1. The topological polar surface area (TPSA) is 17.1 Å². The molecule has 1 aliphatic rings. The molecule has 0 aliphatic heterocycles. The average molecular weight is 196 g/mol. The van der Waals surface area contributed by atoms with Gasteiger partial charge in [0.05, 0.1) is 0 Å². The maximum atomic E-state index is 11.5. The third kappa shape index (κ3) is 4.78. The molecule has 0 aromatic heterocycles. The van der Waals surface area contributed by atoms with Gasteiger partial charge in [0.1, 0.15) is 5.78 Å². The zero-order valence-electron chi connectivity index (χ0n) is 9.72. The van der Waals surface area contributed by atoms with Crippen LogP contribution in [0.5, 0.6) is 0 Å². The Morgan fingerprint density at radius 1 is 1.21 bits per heavy atom. The van der Waals surface area contributed by atoms with E-state index in [0.29, 0.717) is 11.7 Å². The summed E-state index contributed by atoms with van der Waals surface area (Å²) in [4.78, 5) is 11.5. The van der Waals surface area contributed by atoms with Gasteiger partial charge in [0.2, 0.25) is 0 Å². The van der Waals surface area contributed by atoms with Gasteiger partial charge in [0, 0.05) is 12.8 Å². The lowest BCUT2D eigenvalue weighted by molar-refractivity contribution is -0.119. The predicted molar refractivity (Wildman–Crippen MR) is 60.3 cm³/mol. The van der Waals surface area contributed by atoms with Crippen LogP contribution in [0.15, 0.2) is 0 Å². The molecule has 0 saturated heterocycles. The van der Waals surface area contributed by atoms with Gasteiger partial charge in [0.15, 0.2) is 0 Å². The molecule has 0 spiro atoms. The summed E-state index contributed by atoms with van der Waals surface area (Å²) in [6, 6.07) is 0. The molecule has 1 saturated carbocycles. The van der Waals surface area contributed by atoms with E-state index in [1.807, 2.05) is 0 Å². The fourth-order valence-corrected chi connectivity index (χ4v) is 2.24. The highest BCUT2D eigenvalue weighted by molar-refractivity contribution is 5.78. The third-order valence-corrected chi connectivity index (χ3v) is 3.31. The summed E-state index contributed by atoms with van der Waals surface area (Å²) in [7, 11) is 0. The quantitative estimate of drug-likeness (QED) is 0.628. The molecule has 0 aromatic rings. The van der Waals surface area contributed by atoms with Crippen molar-refractivity contribution < 1.29 is 4.79 Å². The van der Waals surface area contributed by atoms with Gasteiger partial charge in [-0.25, -0.2) is 0 Å². The second-order valence-electron chi connectivity index (χ2n) is 5.16. The highest BCUT2D eigenvalue weighted by Crippen LogP contribution is 2.28. The minimum absolute atomic E-state index is 0.491. The van der Waals surface area contributed by atoms with E-state index in [9.17, 15) is 4.79 Å². The van der Waals surface area contributed by atoms with Gasteiger partial charge in [-0.1, -0.05) is 39.5 Å². The molecular formula is C13H24O. The monoisotopic (exact) mass is 196 g/mol. The van der Waals surface area contributed by atoms with Crippen LogP contribution in [0.2, 0.25) is 0 Å². The first-order valence-electron chi connectivity index (χ1n) is 6.20. The zero-order chi connectivity index (χ0) is 10.4. The van der Waals surface area contributed by atoms with Crippen LogP contribution in [-0.4, -0.2) is 5.78 Å². The molecule has 0 heterocycles. The molecule has 1 aliphatic carbocycles. The van der Waals surface area contributed by atoms with E-state index in [1.165, 1.54) is 25.7 Å². The van der Waals surface area contributed by atoms with Crippen molar-refractivity contribution in [1.29, 1.82) is 0 Å². The molecule has 1 nitrogen and oxygen atoms in total. The van der Waals surface area contributed by atoms with E-state index in [0.717, 1.165) is 31.6 Å². The average Bonchev–Trinajstić information content (AvgIpc) is 2.63. The molecule has 14 heavy (non-hydrogen) atoms. The van der Waals surface area contributed by atoms with Crippen molar-refractivity contribution in [2.45, 2.75) is 65.2 Å². The van der Waals surface area contributed by atoms with E-state index in [-0.39, 0.29) is 0 Å². The SMILES string of the molecule is CC(C)CCC(=O)CCC1CCCC1. The summed E-state index contributed by atoms with van der Waals surface area (Å²) < 4.78 is 0. The van der Waals surface area contributed by atoms with Crippen molar-refractivity contribution in [3.8, 4) is 0 Å². The molecule has 0 aromatic carbocycles. The Morgan fingerprint density at radius 3 is 2.43 bits per heavy atom. The van der Waals surface area contributed by atoms with Gasteiger partial charge < -0.3 is 0 Å². The van der Waals surface area contributed by atoms with Crippen LogP contribution in [0.3, 0.4) is 0 Å². The van der Waals surface area contributed by atoms with Crippen LogP contribution >= 0.6 is 0 Å². The highest BCUT2D eigenvalue weighted by Gasteiger charge is 2.15. The maximum absolute atomic E-state index is 11.5. The predicted octanol–water partition coefficient (Wildman–Crippen LogP) is 3.96. The second kappa shape index (κ2) is 6.21.